The Kier molecular flexibility index (Phi) is 6.26. The van der Waals surface area contributed by atoms with Gasteiger partial charge in [-0.2, -0.15) is 0 Å². The summed E-state index contributed by atoms with van der Waals surface area (Å²) >= 11 is 1.18. The molecule has 1 aliphatic carbocycles. The van der Waals surface area contributed by atoms with Crippen molar-refractivity contribution in [2.24, 2.45) is 4.99 Å². The molecule has 1 heterocycles. The molecule has 0 radical (unpaired) electrons. The van der Waals surface area contributed by atoms with Gasteiger partial charge in [0.2, 0.25) is 0 Å². The number of carboxylic acids is 1. The van der Waals surface area contributed by atoms with Crippen LogP contribution in [0.25, 0.3) is 17.2 Å². The van der Waals surface area contributed by atoms with Crippen molar-refractivity contribution >= 4 is 40.6 Å². The van der Waals surface area contributed by atoms with Crippen molar-refractivity contribution in [3.63, 3.8) is 0 Å². The molecule has 0 unspecified atom stereocenters. The number of benzene rings is 3. The Morgan fingerprint density at radius 3 is 2.40 bits per heavy atom. The van der Waals surface area contributed by atoms with Gasteiger partial charge in [0.05, 0.1) is 16.0 Å². The summed E-state index contributed by atoms with van der Waals surface area (Å²) in [5, 5.41) is 12.9. The van der Waals surface area contributed by atoms with Crippen LogP contribution in [0.15, 0.2) is 82.7 Å². The lowest BCUT2D eigenvalue weighted by atomic mass is 9.79. The molecule has 1 aliphatic heterocycles. The Morgan fingerprint density at radius 1 is 1.03 bits per heavy atom. The lowest BCUT2D eigenvalue weighted by Gasteiger charge is -2.24. The Bertz CT molecular complexity index is 1340. The molecule has 0 atom stereocenters. The molecule has 35 heavy (non-hydrogen) atoms. The van der Waals surface area contributed by atoms with Gasteiger partial charge in [-0.05, 0) is 65.6 Å². The van der Waals surface area contributed by atoms with Gasteiger partial charge in [0, 0.05) is 5.56 Å². The van der Waals surface area contributed by atoms with Gasteiger partial charge in [-0.1, -0.05) is 67.4 Å². The molecule has 5 rings (SSSR count). The fourth-order valence-electron chi connectivity index (χ4n) is 4.68. The third-order valence-corrected chi connectivity index (χ3v) is 7.45. The second-order valence-electron chi connectivity index (χ2n) is 8.73. The summed E-state index contributed by atoms with van der Waals surface area (Å²) in [7, 11) is 0. The number of rotatable bonds is 5. The standard InChI is InChI=1S/C28H23FN2O3S/c29-23-16-18(8-13-22(23)19-6-2-1-3-7-19)17-24-25(32)31-27(35-24)30-21-11-9-20(10-12-21)28(26(33)34)14-4-5-15-28/h1-3,6-13,16-17H,4-5,14-15H2,(H,33,34)(H,30,31,32)/b24-17+. The van der Waals surface area contributed by atoms with E-state index in [0.717, 1.165) is 24.0 Å². The average molecular weight is 487 g/mol. The van der Waals surface area contributed by atoms with Crippen molar-refractivity contribution in [3.05, 3.63) is 94.6 Å². The van der Waals surface area contributed by atoms with Crippen LogP contribution in [-0.2, 0) is 15.0 Å². The number of carboxylic acid groups (broad SMARTS) is 1. The highest BCUT2D eigenvalue weighted by Crippen LogP contribution is 2.42. The first-order chi connectivity index (χ1) is 16.9. The van der Waals surface area contributed by atoms with Crippen LogP contribution < -0.4 is 5.32 Å². The molecule has 2 N–H and O–H groups in total. The van der Waals surface area contributed by atoms with E-state index in [-0.39, 0.29) is 11.7 Å². The van der Waals surface area contributed by atoms with Gasteiger partial charge in [0.1, 0.15) is 5.82 Å². The Balaban J connectivity index is 1.33. The number of nitrogens with zero attached hydrogens (tertiary/aromatic N) is 1. The molecule has 0 aromatic heterocycles. The van der Waals surface area contributed by atoms with Crippen molar-refractivity contribution in [3.8, 4) is 11.1 Å². The predicted octanol–water partition coefficient (Wildman–Crippen LogP) is 6.28. The van der Waals surface area contributed by atoms with Gasteiger partial charge in [-0.3, -0.25) is 9.59 Å². The molecular formula is C28H23FN2O3S. The smallest absolute Gasteiger partial charge is 0.314 e. The minimum Gasteiger partial charge on any atom is -0.481 e. The van der Waals surface area contributed by atoms with Crippen LogP contribution in [0.3, 0.4) is 0 Å². The van der Waals surface area contributed by atoms with Gasteiger partial charge in [-0.15, -0.1) is 0 Å². The van der Waals surface area contributed by atoms with Crippen LogP contribution in [0.1, 0.15) is 36.8 Å². The number of hydrogen-bond donors (Lipinski definition) is 2. The average Bonchev–Trinajstić information content (AvgIpc) is 3.48. The largest absolute Gasteiger partial charge is 0.481 e. The van der Waals surface area contributed by atoms with E-state index in [9.17, 15) is 19.1 Å². The third kappa shape index (κ3) is 4.64. The predicted molar refractivity (Wildman–Crippen MR) is 137 cm³/mol. The first-order valence-electron chi connectivity index (χ1n) is 11.4. The van der Waals surface area contributed by atoms with Crippen molar-refractivity contribution in [2.45, 2.75) is 31.1 Å². The quantitative estimate of drug-likeness (QED) is 0.416. The maximum Gasteiger partial charge on any atom is 0.314 e. The molecule has 5 nitrogen and oxygen atoms in total. The number of amidine groups is 1. The van der Waals surface area contributed by atoms with E-state index in [1.165, 1.54) is 17.8 Å². The number of amides is 1. The Morgan fingerprint density at radius 2 is 1.74 bits per heavy atom. The minimum absolute atomic E-state index is 0.298. The number of carbonyl (C=O) groups is 2. The van der Waals surface area contributed by atoms with Crippen molar-refractivity contribution < 1.29 is 19.1 Å². The summed E-state index contributed by atoms with van der Waals surface area (Å²) in [6.45, 7) is 0. The SMILES string of the molecule is O=C1NC(=Nc2ccc(C3(C(=O)O)CCCC3)cc2)S/C1=C/c1ccc(-c2ccccc2)c(F)c1. The van der Waals surface area contributed by atoms with Crippen molar-refractivity contribution in [1.29, 1.82) is 0 Å². The highest BCUT2D eigenvalue weighted by Gasteiger charge is 2.42. The molecular weight excluding hydrogens is 463 g/mol. The van der Waals surface area contributed by atoms with E-state index in [1.54, 1.807) is 30.3 Å². The number of hydrogen-bond acceptors (Lipinski definition) is 4. The molecule has 1 saturated carbocycles. The summed E-state index contributed by atoms with van der Waals surface area (Å²) in [5.41, 5.74) is 2.47. The second kappa shape index (κ2) is 9.50. The van der Waals surface area contributed by atoms with Crippen LogP contribution in [0.4, 0.5) is 10.1 Å². The molecule has 1 saturated heterocycles. The van der Waals surface area contributed by atoms with Crippen LogP contribution in [0, 0.1) is 5.82 Å². The maximum atomic E-state index is 14.7. The minimum atomic E-state index is -0.816. The highest BCUT2D eigenvalue weighted by molar-refractivity contribution is 8.18. The van der Waals surface area contributed by atoms with Crippen molar-refractivity contribution in [1.82, 2.24) is 5.32 Å². The summed E-state index contributed by atoms with van der Waals surface area (Å²) in [5.74, 6) is -1.44. The van der Waals surface area contributed by atoms with Crippen molar-refractivity contribution in [2.75, 3.05) is 0 Å². The van der Waals surface area contributed by atoms with E-state index in [1.807, 2.05) is 42.5 Å². The highest BCUT2D eigenvalue weighted by atomic mass is 32.2. The van der Waals surface area contributed by atoms with E-state index < -0.39 is 11.4 Å². The molecule has 7 heteroatoms. The summed E-state index contributed by atoms with van der Waals surface area (Å²) in [4.78, 5) is 29.3. The lowest BCUT2D eigenvalue weighted by Crippen LogP contribution is -2.32. The number of nitrogens with one attached hydrogen (secondary N) is 1. The van der Waals surface area contributed by atoms with Gasteiger partial charge in [0.15, 0.2) is 5.17 Å². The van der Waals surface area contributed by atoms with Gasteiger partial charge >= 0.3 is 5.97 Å². The number of thioether (sulfide) groups is 1. The van der Waals surface area contributed by atoms with Crippen LogP contribution in [-0.4, -0.2) is 22.2 Å². The maximum absolute atomic E-state index is 14.7. The fraction of sp³-hybridized carbons (Fsp3) is 0.179. The number of carbonyl (C=O) groups excluding carboxylic acids is 1. The van der Waals surface area contributed by atoms with E-state index in [4.69, 9.17) is 0 Å². The monoisotopic (exact) mass is 486 g/mol. The second-order valence-corrected chi connectivity index (χ2v) is 9.76. The van der Waals surface area contributed by atoms with Crippen LogP contribution >= 0.6 is 11.8 Å². The molecule has 3 aromatic rings. The Labute approximate surface area is 206 Å². The third-order valence-electron chi connectivity index (χ3n) is 6.54. The van der Waals surface area contributed by atoms with E-state index in [0.29, 0.717) is 39.7 Å². The topological polar surface area (TPSA) is 78.8 Å². The lowest BCUT2D eigenvalue weighted by molar-refractivity contribution is -0.143. The molecule has 3 aromatic carbocycles. The number of halogens is 1. The fourth-order valence-corrected chi connectivity index (χ4v) is 5.52. The normalized spacial score (nSPS) is 19.3. The molecule has 1 amide bonds. The van der Waals surface area contributed by atoms with E-state index >= 15 is 0 Å². The van der Waals surface area contributed by atoms with Gasteiger partial charge in [-0.25, -0.2) is 9.38 Å². The van der Waals surface area contributed by atoms with E-state index in [2.05, 4.69) is 10.3 Å². The molecule has 176 valence electrons. The summed E-state index contributed by atoms with van der Waals surface area (Å²) < 4.78 is 14.7. The first kappa shape index (κ1) is 23.1. The Hall–Kier alpha value is -3.71. The summed E-state index contributed by atoms with van der Waals surface area (Å²) in [6, 6.07) is 21.4. The number of aliphatic imine (C=N–C) groups is 1. The zero-order chi connectivity index (χ0) is 24.4. The molecule has 2 fully saturated rings. The van der Waals surface area contributed by atoms with Crippen LogP contribution in [0.5, 0.6) is 0 Å². The van der Waals surface area contributed by atoms with Gasteiger partial charge < -0.3 is 10.4 Å². The number of aliphatic carboxylic acids is 1. The molecule has 0 bridgehead atoms. The molecule has 2 aliphatic rings. The zero-order valence-corrected chi connectivity index (χ0v) is 19.6. The van der Waals surface area contributed by atoms with Crippen LogP contribution in [0.2, 0.25) is 0 Å². The summed E-state index contributed by atoms with van der Waals surface area (Å²) in [6.07, 6.45) is 4.74. The van der Waals surface area contributed by atoms with Gasteiger partial charge in [0.25, 0.3) is 5.91 Å². The molecule has 0 spiro atoms. The first-order valence-corrected chi connectivity index (χ1v) is 12.2. The zero-order valence-electron chi connectivity index (χ0n) is 18.8.